The van der Waals surface area contributed by atoms with Crippen molar-refractivity contribution in [1.82, 2.24) is 4.57 Å². The first-order chi connectivity index (χ1) is 13.1. The fourth-order valence-electron chi connectivity index (χ4n) is 2.70. The first-order valence-electron chi connectivity index (χ1n) is 7.63. The van der Waals surface area contributed by atoms with Crippen LogP contribution in [0.4, 0.5) is 13.2 Å². The van der Waals surface area contributed by atoms with Crippen molar-refractivity contribution >= 4 is 45.0 Å². The molecule has 0 bridgehead atoms. The Balaban J connectivity index is 2.38. The quantitative estimate of drug-likeness (QED) is 0.399. The molecule has 28 heavy (non-hydrogen) atoms. The molecule has 142 valence electrons. The van der Waals surface area contributed by atoms with Crippen LogP contribution >= 0.6 is 39.1 Å². The van der Waals surface area contributed by atoms with Crippen LogP contribution in [0.3, 0.4) is 0 Å². The number of aromatic nitrogens is 1. The third kappa shape index (κ3) is 3.68. The average Bonchev–Trinajstić information content (AvgIpc) is 2.94. The lowest BCUT2D eigenvalue weighted by molar-refractivity contribution is -0.143. The van der Waals surface area contributed by atoms with Crippen molar-refractivity contribution in [3.05, 3.63) is 79.9 Å². The van der Waals surface area contributed by atoms with Crippen LogP contribution in [0.25, 0.3) is 11.3 Å². The first-order valence-corrected chi connectivity index (χ1v) is 9.17. The summed E-state index contributed by atoms with van der Waals surface area (Å²) >= 11 is 14.5. The Morgan fingerprint density at radius 3 is 1.96 bits per heavy atom. The fourth-order valence-corrected chi connectivity index (χ4v) is 3.63. The second-order valence-electron chi connectivity index (χ2n) is 5.65. The van der Waals surface area contributed by atoms with Crippen LogP contribution in [0.1, 0.15) is 21.6 Å². The minimum Gasteiger partial charge on any atom is -0.269 e. The van der Waals surface area contributed by atoms with Crippen LogP contribution in [0.2, 0.25) is 10.0 Å². The molecule has 3 rings (SSSR count). The standard InChI is InChI=1S/C19H8BrCl2F3N2O/c20-15-14(9-26)16(10-1-5-12(21)6-2-10)27(17(15)19(23,24)25)18(28)11-3-7-13(22)8-4-11/h1-8H. The van der Waals surface area contributed by atoms with Gasteiger partial charge in [0, 0.05) is 21.2 Å². The van der Waals surface area contributed by atoms with Crippen molar-refractivity contribution in [2.24, 2.45) is 0 Å². The lowest BCUT2D eigenvalue weighted by Crippen LogP contribution is -2.22. The molecule has 3 nitrogen and oxygen atoms in total. The fraction of sp³-hybridized carbons (Fsp3) is 0.0526. The van der Waals surface area contributed by atoms with E-state index in [1.165, 1.54) is 48.5 Å². The number of alkyl halides is 3. The van der Waals surface area contributed by atoms with Crippen molar-refractivity contribution in [3.63, 3.8) is 0 Å². The second-order valence-corrected chi connectivity index (χ2v) is 7.32. The summed E-state index contributed by atoms with van der Waals surface area (Å²) in [6, 6.07) is 13.0. The van der Waals surface area contributed by atoms with Crippen LogP contribution in [0, 0.1) is 11.3 Å². The summed E-state index contributed by atoms with van der Waals surface area (Å²) in [5, 5.41) is 10.2. The van der Waals surface area contributed by atoms with Crippen LogP contribution in [-0.2, 0) is 6.18 Å². The average molecular weight is 488 g/mol. The summed E-state index contributed by atoms with van der Waals surface area (Å²) in [6.45, 7) is 0. The zero-order valence-corrected chi connectivity index (χ0v) is 16.8. The largest absolute Gasteiger partial charge is 0.433 e. The summed E-state index contributed by atoms with van der Waals surface area (Å²) in [4.78, 5) is 13.0. The third-order valence-electron chi connectivity index (χ3n) is 3.90. The van der Waals surface area contributed by atoms with Gasteiger partial charge in [-0.15, -0.1) is 0 Å². The van der Waals surface area contributed by atoms with E-state index in [-0.39, 0.29) is 22.4 Å². The van der Waals surface area contributed by atoms with E-state index in [0.29, 0.717) is 14.6 Å². The van der Waals surface area contributed by atoms with Gasteiger partial charge < -0.3 is 0 Å². The van der Waals surface area contributed by atoms with Gasteiger partial charge in [-0.2, -0.15) is 18.4 Å². The van der Waals surface area contributed by atoms with E-state index in [1.807, 2.05) is 0 Å². The minimum absolute atomic E-state index is 0.0166. The number of halogens is 6. The predicted molar refractivity (Wildman–Crippen MR) is 103 cm³/mol. The van der Waals surface area contributed by atoms with Gasteiger partial charge in [-0.05, 0) is 52.3 Å². The molecule has 0 saturated heterocycles. The van der Waals surface area contributed by atoms with E-state index in [0.717, 1.165) is 0 Å². The van der Waals surface area contributed by atoms with Gasteiger partial charge in [0.05, 0.1) is 15.7 Å². The normalized spacial score (nSPS) is 11.3. The van der Waals surface area contributed by atoms with Crippen molar-refractivity contribution in [2.75, 3.05) is 0 Å². The molecule has 0 aliphatic rings. The molecule has 0 spiro atoms. The van der Waals surface area contributed by atoms with Crippen molar-refractivity contribution < 1.29 is 18.0 Å². The smallest absolute Gasteiger partial charge is 0.269 e. The summed E-state index contributed by atoms with van der Waals surface area (Å²) in [5.74, 6) is -0.948. The first kappa shape index (κ1) is 20.5. The number of nitriles is 1. The molecule has 3 aromatic rings. The molecule has 0 aliphatic carbocycles. The number of hydrogen-bond donors (Lipinski definition) is 0. The molecular weight excluding hydrogens is 480 g/mol. The lowest BCUT2D eigenvalue weighted by Gasteiger charge is -2.15. The highest BCUT2D eigenvalue weighted by Gasteiger charge is 2.42. The molecule has 0 radical (unpaired) electrons. The van der Waals surface area contributed by atoms with Gasteiger partial charge in [0.1, 0.15) is 11.8 Å². The van der Waals surface area contributed by atoms with E-state index in [2.05, 4.69) is 15.9 Å². The number of rotatable bonds is 2. The molecule has 9 heteroatoms. The predicted octanol–water partition coefficient (Wildman–Crippen LogP) is 6.80. The van der Waals surface area contributed by atoms with Crippen molar-refractivity contribution in [2.45, 2.75) is 6.18 Å². The zero-order chi connectivity index (χ0) is 20.6. The van der Waals surface area contributed by atoms with Gasteiger partial charge in [0.15, 0.2) is 0 Å². The highest BCUT2D eigenvalue weighted by Crippen LogP contribution is 2.43. The van der Waals surface area contributed by atoms with Gasteiger partial charge in [0.2, 0.25) is 0 Å². The molecule has 1 aromatic heterocycles. The molecule has 0 atom stereocenters. The van der Waals surface area contributed by atoms with Gasteiger partial charge in [-0.25, -0.2) is 0 Å². The minimum atomic E-state index is -4.89. The monoisotopic (exact) mass is 486 g/mol. The van der Waals surface area contributed by atoms with E-state index < -0.39 is 22.3 Å². The van der Waals surface area contributed by atoms with Gasteiger partial charge in [0.25, 0.3) is 5.91 Å². The highest BCUT2D eigenvalue weighted by molar-refractivity contribution is 9.10. The number of hydrogen-bond acceptors (Lipinski definition) is 2. The maximum atomic E-state index is 13.8. The Bertz CT molecular complexity index is 1100. The Morgan fingerprint density at radius 2 is 1.50 bits per heavy atom. The zero-order valence-electron chi connectivity index (χ0n) is 13.7. The molecule has 0 amide bonds. The van der Waals surface area contributed by atoms with E-state index in [1.54, 1.807) is 6.07 Å². The summed E-state index contributed by atoms with van der Waals surface area (Å²) < 4.78 is 41.4. The third-order valence-corrected chi connectivity index (χ3v) is 5.18. The molecule has 2 aromatic carbocycles. The second kappa shape index (κ2) is 7.63. The lowest BCUT2D eigenvalue weighted by atomic mass is 10.1. The van der Waals surface area contributed by atoms with Gasteiger partial charge in [-0.3, -0.25) is 9.36 Å². The van der Waals surface area contributed by atoms with E-state index in [4.69, 9.17) is 23.2 Å². The molecule has 0 unspecified atom stereocenters. The molecule has 0 saturated carbocycles. The Labute approximate surface area is 176 Å². The van der Waals surface area contributed by atoms with Crippen molar-refractivity contribution in [1.29, 1.82) is 5.26 Å². The maximum absolute atomic E-state index is 13.8. The summed E-state index contributed by atoms with van der Waals surface area (Å²) in [5.41, 5.74) is -1.54. The molecule has 0 aliphatic heterocycles. The Hall–Kier alpha value is -2.27. The number of carbonyl (C=O) groups excluding carboxylic acids is 1. The Kier molecular flexibility index (Phi) is 5.57. The highest BCUT2D eigenvalue weighted by atomic mass is 79.9. The SMILES string of the molecule is N#Cc1c(Br)c(C(F)(F)F)n(C(=O)c2ccc(Cl)cc2)c1-c1ccc(Cl)cc1. The molecular formula is C19H8BrCl2F3N2O. The maximum Gasteiger partial charge on any atom is 0.433 e. The number of carbonyl (C=O) groups is 1. The topological polar surface area (TPSA) is 45.8 Å². The van der Waals surface area contributed by atoms with Crippen LogP contribution in [0.5, 0.6) is 0 Å². The van der Waals surface area contributed by atoms with Crippen LogP contribution in [-0.4, -0.2) is 10.5 Å². The molecule has 0 N–H and O–H groups in total. The van der Waals surface area contributed by atoms with E-state index >= 15 is 0 Å². The van der Waals surface area contributed by atoms with Gasteiger partial charge >= 0.3 is 6.18 Å². The number of nitrogens with zero attached hydrogens (tertiary/aromatic N) is 2. The molecule has 1 heterocycles. The van der Waals surface area contributed by atoms with Crippen LogP contribution < -0.4 is 0 Å². The van der Waals surface area contributed by atoms with Crippen molar-refractivity contribution in [3.8, 4) is 17.3 Å². The van der Waals surface area contributed by atoms with E-state index in [9.17, 15) is 23.2 Å². The molecule has 0 fully saturated rings. The summed E-state index contributed by atoms with van der Waals surface area (Å²) in [7, 11) is 0. The summed E-state index contributed by atoms with van der Waals surface area (Å²) in [6.07, 6.45) is -4.89. The Morgan fingerprint density at radius 1 is 1.00 bits per heavy atom. The van der Waals surface area contributed by atoms with Gasteiger partial charge in [-0.1, -0.05) is 35.3 Å². The number of benzene rings is 2. The van der Waals surface area contributed by atoms with Crippen LogP contribution in [0.15, 0.2) is 53.0 Å².